The van der Waals surface area contributed by atoms with Crippen LogP contribution in [0.4, 0.5) is 0 Å². The van der Waals surface area contributed by atoms with Crippen LogP contribution in [0.15, 0.2) is 35.5 Å². The van der Waals surface area contributed by atoms with E-state index in [4.69, 9.17) is 23.2 Å². The van der Waals surface area contributed by atoms with Gasteiger partial charge in [0.2, 0.25) is 0 Å². The number of aliphatic hydroxyl groups is 1. The number of aliphatic imine (C=N–C) groups is 1. The van der Waals surface area contributed by atoms with E-state index in [1.807, 2.05) is 18.3 Å². The number of hydrogen-bond donors (Lipinski definition) is 1. The average Bonchev–Trinajstić information content (AvgIpc) is 3.46. The van der Waals surface area contributed by atoms with E-state index in [1.165, 1.54) is 19.3 Å². The summed E-state index contributed by atoms with van der Waals surface area (Å²) in [5, 5.41) is 12.1. The van der Waals surface area contributed by atoms with Crippen molar-refractivity contribution in [2.75, 3.05) is 20.1 Å². The molecule has 184 valence electrons. The molecular weight excluding hydrogens is 451 g/mol. The lowest BCUT2D eigenvalue weighted by atomic mass is 9.86. The third-order valence-corrected chi connectivity index (χ3v) is 8.53. The van der Waals surface area contributed by atoms with Gasteiger partial charge in [0.05, 0.1) is 6.10 Å². The molecule has 3 rings (SSSR count). The van der Waals surface area contributed by atoms with E-state index in [9.17, 15) is 5.11 Å². The predicted molar refractivity (Wildman–Crippen MR) is 143 cm³/mol. The zero-order chi connectivity index (χ0) is 24.0. The van der Waals surface area contributed by atoms with E-state index >= 15 is 0 Å². The minimum atomic E-state index is -0.431. The molecule has 1 aromatic rings. The number of aliphatic hydroxyl groups excluding tert-OH is 1. The Morgan fingerprint density at radius 1 is 1.33 bits per heavy atom. The van der Waals surface area contributed by atoms with Crippen molar-refractivity contribution >= 4 is 35.0 Å². The first kappa shape index (κ1) is 26.6. The van der Waals surface area contributed by atoms with Gasteiger partial charge in [-0.05, 0) is 79.0 Å². The molecule has 0 bridgehead atoms. The molecule has 5 heteroatoms. The molecule has 0 aromatic heterocycles. The van der Waals surface area contributed by atoms with Crippen LogP contribution in [0.5, 0.6) is 0 Å². The lowest BCUT2D eigenvalue weighted by Gasteiger charge is -2.27. The van der Waals surface area contributed by atoms with Crippen molar-refractivity contribution in [3.05, 3.63) is 41.1 Å². The molecule has 2 aliphatic rings. The molecule has 1 aromatic carbocycles. The van der Waals surface area contributed by atoms with Gasteiger partial charge in [0, 0.05) is 55.3 Å². The normalized spacial score (nSPS) is 29.1. The molecule has 0 spiro atoms. The fraction of sp³-hybridized carbons (Fsp3) is 0.679. The predicted octanol–water partition coefficient (Wildman–Crippen LogP) is 7.30. The Morgan fingerprint density at radius 2 is 2.06 bits per heavy atom. The van der Waals surface area contributed by atoms with Gasteiger partial charge >= 0.3 is 0 Å². The van der Waals surface area contributed by atoms with E-state index in [0.717, 1.165) is 54.4 Å². The third kappa shape index (κ3) is 8.01. The third-order valence-electron chi connectivity index (χ3n) is 7.75. The summed E-state index contributed by atoms with van der Waals surface area (Å²) < 4.78 is 0. The van der Waals surface area contributed by atoms with Crippen LogP contribution in [0.1, 0.15) is 71.3 Å². The van der Waals surface area contributed by atoms with Crippen LogP contribution in [-0.4, -0.2) is 47.8 Å². The second-order valence-corrected chi connectivity index (χ2v) is 11.9. The molecule has 1 N–H and O–H groups in total. The van der Waals surface area contributed by atoms with Crippen LogP contribution in [0.25, 0.3) is 5.57 Å². The SMILES string of the molecule is CCC(Cl)CCC1CC1(C)CCN(C)C=C(CC(O)C1C=NCC(C)C1)c1ccc(Cl)cc1. The van der Waals surface area contributed by atoms with Crippen molar-refractivity contribution in [3.63, 3.8) is 0 Å². The molecule has 1 aliphatic heterocycles. The quantitative estimate of drug-likeness (QED) is 0.310. The fourth-order valence-corrected chi connectivity index (χ4v) is 5.38. The molecule has 0 radical (unpaired) electrons. The molecule has 0 saturated heterocycles. The van der Waals surface area contributed by atoms with Crippen LogP contribution in [0.3, 0.4) is 0 Å². The fourth-order valence-electron chi connectivity index (χ4n) is 5.13. The highest BCUT2D eigenvalue weighted by Gasteiger charge is 2.48. The van der Waals surface area contributed by atoms with E-state index in [-0.39, 0.29) is 5.92 Å². The lowest BCUT2D eigenvalue weighted by Crippen LogP contribution is -2.28. The highest BCUT2D eigenvalue weighted by atomic mass is 35.5. The monoisotopic (exact) mass is 492 g/mol. The Bertz CT molecular complexity index is 809. The summed E-state index contributed by atoms with van der Waals surface area (Å²) in [5.41, 5.74) is 2.72. The van der Waals surface area contributed by atoms with E-state index in [1.54, 1.807) is 0 Å². The largest absolute Gasteiger partial charge is 0.392 e. The van der Waals surface area contributed by atoms with Crippen LogP contribution in [0.2, 0.25) is 5.02 Å². The van der Waals surface area contributed by atoms with Crippen LogP contribution in [-0.2, 0) is 0 Å². The Kier molecular flexibility index (Phi) is 9.73. The maximum absolute atomic E-state index is 11.0. The highest BCUT2D eigenvalue weighted by Crippen LogP contribution is 2.57. The van der Waals surface area contributed by atoms with Crippen molar-refractivity contribution < 1.29 is 5.11 Å². The molecular formula is C28H42Cl2N2O. The molecule has 1 aliphatic carbocycles. The second kappa shape index (κ2) is 12.1. The molecule has 3 nitrogen and oxygen atoms in total. The first-order valence-electron chi connectivity index (χ1n) is 12.7. The van der Waals surface area contributed by atoms with E-state index in [0.29, 0.717) is 23.1 Å². The maximum Gasteiger partial charge on any atom is 0.0658 e. The van der Waals surface area contributed by atoms with Crippen molar-refractivity contribution in [2.24, 2.45) is 28.2 Å². The van der Waals surface area contributed by atoms with Gasteiger partial charge in [-0.3, -0.25) is 4.99 Å². The van der Waals surface area contributed by atoms with Crippen molar-refractivity contribution in [3.8, 4) is 0 Å². The molecule has 1 fully saturated rings. The van der Waals surface area contributed by atoms with Crippen LogP contribution >= 0.6 is 23.2 Å². The second-order valence-electron chi connectivity index (χ2n) is 10.8. The molecule has 1 heterocycles. The summed E-state index contributed by atoms with van der Waals surface area (Å²) in [6, 6.07) is 7.97. The summed E-state index contributed by atoms with van der Waals surface area (Å²) in [4.78, 5) is 6.77. The number of alkyl halides is 1. The molecule has 1 saturated carbocycles. The topological polar surface area (TPSA) is 35.8 Å². The smallest absolute Gasteiger partial charge is 0.0658 e. The Morgan fingerprint density at radius 3 is 2.73 bits per heavy atom. The Balaban J connectivity index is 1.62. The summed E-state index contributed by atoms with van der Waals surface area (Å²) in [7, 11) is 2.15. The van der Waals surface area contributed by atoms with Gasteiger partial charge in [-0.25, -0.2) is 0 Å². The lowest BCUT2D eigenvalue weighted by molar-refractivity contribution is 0.130. The van der Waals surface area contributed by atoms with Gasteiger partial charge in [0.15, 0.2) is 0 Å². The minimum Gasteiger partial charge on any atom is -0.392 e. The Hall–Kier alpha value is -1.03. The summed E-state index contributed by atoms with van der Waals surface area (Å²) >= 11 is 12.5. The van der Waals surface area contributed by atoms with E-state index < -0.39 is 6.10 Å². The van der Waals surface area contributed by atoms with Crippen molar-refractivity contribution in [2.45, 2.75) is 77.2 Å². The molecule has 33 heavy (non-hydrogen) atoms. The molecule has 6 atom stereocenters. The first-order valence-corrected chi connectivity index (χ1v) is 13.5. The Labute approximate surface area is 211 Å². The van der Waals surface area contributed by atoms with E-state index in [2.05, 4.69) is 56.0 Å². The van der Waals surface area contributed by atoms with Gasteiger partial charge in [-0.2, -0.15) is 0 Å². The number of rotatable bonds is 12. The molecule has 6 unspecified atom stereocenters. The molecule has 0 amide bonds. The number of halogens is 2. The van der Waals surface area contributed by atoms with Gasteiger partial charge in [0.25, 0.3) is 0 Å². The summed E-state index contributed by atoms with van der Waals surface area (Å²) in [6.45, 7) is 8.69. The zero-order valence-electron chi connectivity index (χ0n) is 20.8. The summed E-state index contributed by atoms with van der Waals surface area (Å²) in [6.07, 6.45) is 11.3. The van der Waals surface area contributed by atoms with Crippen LogP contribution < -0.4 is 0 Å². The zero-order valence-corrected chi connectivity index (χ0v) is 22.3. The summed E-state index contributed by atoms with van der Waals surface area (Å²) in [5.74, 6) is 1.46. The van der Waals surface area contributed by atoms with Crippen LogP contribution in [0, 0.1) is 23.2 Å². The van der Waals surface area contributed by atoms with Gasteiger partial charge in [0.1, 0.15) is 0 Å². The van der Waals surface area contributed by atoms with Crippen molar-refractivity contribution in [1.82, 2.24) is 4.90 Å². The number of benzene rings is 1. The van der Waals surface area contributed by atoms with Gasteiger partial charge in [-0.1, -0.05) is 44.5 Å². The average molecular weight is 494 g/mol. The number of nitrogens with zero attached hydrogens (tertiary/aromatic N) is 2. The van der Waals surface area contributed by atoms with Gasteiger partial charge < -0.3 is 10.0 Å². The maximum atomic E-state index is 11.0. The number of hydrogen-bond acceptors (Lipinski definition) is 3. The standard InChI is InChI=1S/C28H42Cl2N2O/c1-5-25(29)11-8-24-16-28(24,3)12-13-32(4)19-23(21-6-9-26(30)10-7-21)15-27(33)22-14-20(2)17-31-18-22/h6-7,9-10,18-20,22,24-25,27,33H,5,8,11-17H2,1-4H3. The highest BCUT2D eigenvalue weighted by molar-refractivity contribution is 6.30. The minimum absolute atomic E-state index is 0.120. The first-order chi connectivity index (χ1) is 15.7. The van der Waals surface area contributed by atoms with Gasteiger partial charge in [-0.15, -0.1) is 11.6 Å². The van der Waals surface area contributed by atoms with Crippen molar-refractivity contribution in [1.29, 1.82) is 0 Å².